The molecule has 8 nitrogen and oxygen atoms in total. The number of amides is 1. The molecule has 1 fully saturated rings. The first-order valence-corrected chi connectivity index (χ1v) is 12.1. The predicted molar refractivity (Wildman–Crippen MR) is 126 cm³/mol. The Bertz CT molecular complexity index is 1120. The molecule has 3 heterocycles. The van der Waals surface area contributed by atoms with Gasteiger partial charge in [-0.2, -0.15) is 0 Å². The minimum Gasteiger partial charge on any atom is -0.486 e. The fourth-order valence-corrected chi connectivity index (χ4v) is 4.68. The van der Waals surface area contributed by atoms with E-state index in [9.17, 15) is 4.79 Å². The molecule has 9 heteroatoms. The van der Waals surface area contributed by atoms with Crippen LogP contribution in [0.25, 0.3) is 10.9 Å². The van der Waals surface area contributed by atoms with Gasteiger partial charge in [0.2, 0.25) is 5.91 Å². The lowest BCUT2D eigenvalue weighted by molar-refractivity contribution is -0.119. The van der Waals surface area contributed by atoms with Gasteiger partial charge >= 0.3 is 0 Å². The van der Waals surface area contributed by atoms with Gasteiger partial charge in [0.15, 0.2) is 11.5 Å². The highest BCUT2D eigenvalue weighted by molar-refractivity contribution is 8.00. The molecule has 2 aliphatic heterocycles. The minimum absolute atomic E-state index is 0.0696. The third-order valence-corrected chi connectivity index (χ3v) is 6.51. The van der Waals surface area contributed by atoms with Crippen molar-refractivity contribution in [1.29, 1.82) is 0 Å². The van der Waals surface area contributed by atoms with E-state index >= 15 is 0 Å². The number of thioether (sulfide) groups is 1. The Morgan fingerprint density at radius 3 is 2.73 bits per heavy atom. The van der Waals surface area contributed by atoms with Gasteiger partial charge in [-0.3, -0.25) is 9.69 Å². The van der Waals surface area contributed by atoms with Crippen LogP contribution in [0.3, 0.4) is 0 Å². The Morgan fingerprint density at radius 1 is 1.06 bits per heavy atom. The Labute approximate surface area is 196 Å². The van der Waals surface area contributed by atoms with Crippen molar-refractivity contribution in [3.05, 3.63) is 54.4 Å². The number of carbonyl (C=O) groups is 1. The number of benzene rings is 2. The molecular weight excluding hydrogens is 440 g/mol. The Kier molecular flexibility index (Phi) is 6.89. The first kappa shape index (κ1) is 21.9. The molecule has 1 aromatic heterocycles. The molecule has 3 aromatic rings. The number of nitrogens with one attached hydrogen (secondary N) is 1. The molecule has 0 spiro atoms. The second kappa shape index (κ2) is 10.4. The molecule has 1 amide bonds. The van der Waals surface area contributed by atoms with Gasteiger partial charge in [0, 0.05) is 18.5 Å². The summed E-state index contributed by atoms with van der Waals surface area (Å²) in [7, 11) is 0. The van der Waals surface area contributed by atoms with Gasteiger partial charge in [-0.15, -0.1) is 0 Å². The lowest BCUT2D eigenvalue weighted by Gasteiger charge is -2.26. The smallest absolute Gasteiger partial charge is 0.230 e. The predicted octanol–water partition coefficient (Wildman–Crippen LogP) is 2.51. The molecule has 0 unspecified atom stereocenters. The molecule has 5 rings (SSSR count). The number of carbonyl (C=O) groups excluding carboxylic acids is 1. The van der Waals surface area contributed by atoms with Gasteiger partial charge in [-0.25, -0.2) is 9.97 Å². The number of aromatic nitrogens is 2. The summed E-state index contributed by atoms with van der Waals surface area (Å²) >= 11 is 1.43. The maximum absolute atomic E-state index is 12.5. The molecule has 33 heavy (non-hydrogen) atoms. The molecule has 1 N–H and O–H groups in total. The third-order valence-electron chi connectivity index (χ3n) is 5.52. The first-order valence-electron chi connectivity index (χ1n) is 11.1. The van der Waals surface area contributed by atoms with Crippen molar-refractivity contribution in [2.45, 2.75) is 17.7 Å². The van der Waals surface area contributed by atoms with Crippen molar-refractivity contribution in [3.63, 3.8) is 0 Å². The summed E-state index contributed by atoms with van der Waals surface area (Å²) in [6.45, 7) is 4.69. The van der Waals surface area contributed by atoms with E-state index in [2.05, 4.69) is 10.2 Å². The summed E-state index contributed by atoms with van der Waals surface area (Å²) < 4.78 is 17.1. The highest BCUT2D eigenvalue weighted by atomic mass is 32.2. The van der Waals surface area contributed by atoms with Crippen molar-refractivity contribution in [1.82, 2.24) is 20.2 Å². The highest BCUT2D eigenvalue weighted by Crippen LogP contribution is 2.30. The largest absolute Gasteiger partial charge is 0.486 e. The number of nitrogens with zero attached hydrogens (tertiary/aromatic N) is 3. The normalized spacial score (nSPS) is 18.2. The number of fused-ring (bicyclic) bond motifs is 2. The zero-order chi connectivity index (χ0) is 22.5. The van der Waals surface area contributed by atoms with E-state index in [0.717, 1.165) is 53.8 Å². The Balaban J connectivity index is 1.19. The molecule has 0 bridgehead atoms. The number of rotatable bonds is 7. The van der Waals surface area contributed by atoms with Crippen molar-refractivity contribution < 1.29 is 19.0 Å². The lowest BCUT2D eigenvalue weighted by atomic mass is 10.2. The summed E-state index contributed by atoms with van der Waals surface area (Å²) in [5.41, 5.74) is 0.894. The molecule has 1 saturated heterocycles. The fourth-order valence-electron chi connectivity index (χ4n) is 3.81. The van der Waals surface area contributed by atoms with Gasteiger partial charge < -0.3 is 19.5 Å². The highest BCUT2D eigenvalue weighted by Gasteiger charge is 2.21. The summed E-state index contributed by atoms with van der Waals surface area (Å²) in [6.07, 6.45) is -0.214. The number of morpholine rings is 1. The monoisotopic (exact) mass is 466 g/mol. The second-order valence-corrected chi connectivity index (χ2v) is 8.91. The van der Waals surface area contributed by atoms with Gasteiger partial charge in [0.1, 0.15) is 23.6 Å². The van der Waals surface area contributed by atoms with Crippen LogP contribution < -0.4 is 14.8 Å². The number of hydrogen-bond donors (Lipinski definition) is 1. The second-order valence-electron chi connectivity index (χ2n) is 7.94. The Hall–Kier alpha value is -2.88. The van der Waals surface area contributed by atoms with Crippen LogP contribution >= 0.6 is 11.8 Å². The van der Waals surface area contributed by atoms with Crippen LogP contribution in [0.15, 0.2) is 53.6 Å². The van der Waals surface area contributed by atoms with Crippen molar-refractivity contribution in [2.75, 3.05) is 45.2 Å². The molecule has 172 valence electrons. The molecule has 2 aliphatic rings. The summed E-state index contributed by atoms with van der Waals surface area (Å²) in [4.78, 5) is 24.4. The van der Waals surface area contributed by atoms with Gasteiger partial charge in [-0.05, 0) is 18.2 Å². The lowest BCUT2D eigenvalue weighted by Crippen LogP contribution is -2.41. The molecule has 0 aliphatic carbocycles. The topological polar surface area (TPSA) is 85.8 Å². The quantitative estimate of drug-likeness (QED) is 0.420. The van der Waals surface area contributed by atoms with Gasteiger partial charge in [0.05, 0.1) is 37.6 Å². The zero-order valence-electron chi connectivity index (χ0n) is 18.2. The van der Waals surface area contributed by atoms with E-state index in [0.29, 0.717) is 25.4 Å². The number of para-hydroxylation sites is 3. The number of ether oxygens (including phenoxy) is 3. The van der Waals surface area contributed by atoms with Gasteiger partial charge in [0.25, 0.3) is 0 Å². The van der Waals surface area contributed by atoms with Crippen LogP contribution in [0.1, 0.15) is 5.82 Å². The third kappa shape index (κ3) is 5.55. The van der Waals surface area contributed by atoms with Crippen LogP contribution in [0.2, 0.25) is 0 Å². The van der Waals surface area contributed by atoms with Crippen LogP contribution in [-0.4, -0.2) is 72.1 Å². The van der Waals surface area contributed by atoms with E-state index in [-0.39, 0.29) is 17.8 Å². The average molecular weight is 467 g/mol. The maximum Gasteiger partial charge on any atom is 0.230 e. The summed E-state index contributed by atoms with van der Waals surface area (Å²) in [5.74, 6) is 2.41. The van der Waals surface area contributed by atoms with E-state index < -0.39 is 0 Å². The zero-order valence-corrected chi connectivity index (χ0v) is 19.1. The van der Waals surface area contributed by atoms with Crippen LogP contribution in [0.5, 0.6) is 11.5 Å². The van der Waals surface area contributed by atoms with Crippen LogP contribution in [0.4, 0.5) is 0 Å². The molecule has 0 radical (unpaired) electrons. The van der Waals surface area contributed by atoms with E-state index in [1.54, 1.807) is 0 Å². The summed E-state index contributed by atoms with van der Waals surface area (Å²) in [6, 6.07) is 15.5. The van der Waals surface area contributed by atoms with Crippen molar-refractivity contribution in [2.24, 2.45) is 0 Å². The molecular formula is C24H26N4O4S. The minimum atomic E-state index is -0.214. The maximum atomic E-state index is 12.5. The van der Waals surface area contributed by atoms with Crippen LogP contribution in [-0.2, 0) is 16.1 Å². The fraction of sp³-hybridized carbons (Fsp3) is 0.375. The van der Waals surface area contributed by atoms with E-state index in [1.807, 2.05) is 48.5 Å². The number of hydrogen-bond acceptors (Lipinski definition) is 8. The molecule has 1 atom stereocenters. The molecule has 2 aromatic carbocycles. The van der Waals surface area contributed by atoms with Crippen molar-refractivity contribution >= 4 is 28.6 Å². The molecule has 0 saturated carbocycles. The Morgan fingerprint density at radius 2 is 1.85 bits per heavy atom. The van der Waals surface area contributed by atoms with Crippen molar-refractivity contribution in [3.8, 4) is 11.5 Å². The average Bonchev–Trinajstić information content (AvgIpc) is 2.86. The van der Waals surface area contributed by atoms with Crippen LogP contribution in [0, 0.1) is 0 Å². The standard InChI is InChI=1S/C24H26N4O4S/c29-23(25-13-17-15-31-20-7-3-4-8-21(20)32-17)16-33-24-18-5-1-2-6-19(18)26-22(27-24)14-28-9-11-30-12-10-28/h1-8,17H,9-16H2,(H,25,29)/t17-/m0/s1. The SMILES string of the molecule is O=C(CSc1nc(CN2CCOCC2)nc2ccccc12)NC[C@H]1COc2ccccc2O1. The first-order chi connectivity index (χ1) is 16.2. The van der Waals surface area contributed by atoms with E-state index in [4.69, 9.17) is 24.2 Å². The summed E-state index contributed by atoms with van der Waals surface area (Å²) in [5, 5.41) is 4.74. The van der Waals surface area contributed by atoms with E-state index in [1.165, 1.54) is 11.8 Å². The van der Waals surface area contributed by atoms with Gasteiger partial charge in [-0.1, -0.05) is 42.1 Å².